The smallest absolute Gasteiger partial charge is 0.0425 e. The molecule has 0 aromatic rings. The normalized spacial score (nSPS) is 23.1. The largest absolute Gasteiger partial charge is 0.271 e. The van der Waals surface area contributed by atoms with E-state index < -0.39 is 7.05 Å². The van der Waals surface area contributed by atoms with Gasteiger partial charge in [-0.05, 0) is 75.1 Å². The van der Waals surface area contributed by atoms with Crippen molar-refractivity contribution in [1.82, 2.24) is 0 Å². The maximum Gasteiger partial charge on any atom is 0.0425 e. The molecule has 0 amide bonds. The monoisotopic (exact) mass is 447 g/mol. The van der Waals surface area contributed by atoms with Gasteiger partial charge in [0.2, 0.25) is 0 Å². The van der Waals surface area contributed by atoms with Crippen LogP contribution < -0.4 is 0 Å². The molecule has 3 saturated carbocycles. The second-order valence-corrected chi connectivity index (χ2v) is 13.0. The Labute approximate surface area is 195 Å². The van der Waals surface area contributed by atoms with Crippen molar-refractivity contribution in [2.75, 3.05) is 0 Å². The van der Waals surface area contributed by atoms with Crippen LogP contribution in [0.5, 0.6) is 0 Å². The molecule has 0 aliphatic heterocycles. The maximum atomic E-state index is 5.76. The van der Waals surface area contributed by atoms with E-state index in [1.165, 1.54) is 82.7 Å². The van der Waals surface area contributed by atoms with Gasteiger partial charge in [0.1, 0.15) is 0 Å². The van der Waals surface area contributed by atoms with Crippen LogP contribution in [0.1, 0.15) is 96.8 Å². The number of allylic oxidation sites excluding steroid dienone is 6. The Balaban J connectivity index is 0.000000379. The van der Waals surface area contributed by atoms with Crippen molar-refractivity contribution in [3.63, 3.8) is 0 Å². The Hall–Kier alpha value is -0.0957. The van der Waals surface area contributed by atoms with E-state index in [2.05, 4.69) is 37.8 Å². The van der Waals surface area contributed by atoms with Crippen LogP contribution in [-0.2, 0) is 21.7 Å². The molecule has 0 saturated heterocycles. The standard InChI is InChI=1S/C20H32NP.C6H10.Ti/c1-2-10-17(9-1)21-22(18-11-3-4-12-18,19-13-5-6-14-19)20-15-7-8-16-20;1-3-5-6-4-2;/h1-2,9,18-20H,3-8,10-16H2;3,5-6H,1,4H2,2H3;. The summed E-state index contributed by atoms with van der Waals surface area (Å²) in [4.78, 5) is 0. The van der Waals surface area contributed by atoms with Gasteiger partial charge in [-0.3, -0.25) is 4.74 Å². The van der Waals surface area contributed by atoms with Crippen LogP contribution in [0.25, 0.3) is 0 Å². The molecule has 0 heterocycles. The van der Waals surface area contributed by atoms with Crippen molar-refractivity contribution in [2.45, 2.75) is 114 Å². The van der Waals surface area contributed by atoms with Crippen LogP contribution in [-0.4, -0.2) is 17.0 Å². The molecule has 0 aromatic carbocycles. The summed E-state index contributed by atoms with van der Waals surface area (Å²) in [5, 5.41) is 0. The molecule has 4 aliphatic rings. The van der Waals surface area contributed by atoms with Gasteiger partial charge < -0.3 is 0 Å². The van der Waals surface area contributed by atoms with Crippen molar-refractivity contribution in [1.29, 1.82) is 0 Å². The van der Waals surface area contributed by atoms with Crippen molar-refractivity contribution >= 4 is 7.05 Å². The van der Waals surface area contributed by atoms with Gasteiger partial charge in [-0.15, -0.1) is 0 Å². The van der Waals surface area contributed by atoms with Crippen molar-refractivity contribution in [3.05, 3.63) is 48.7 Å². The Kier molecular flexibility index (Phi) is 11.6. The summed E-state index contributed by atoms with van der Waals surface area (Å²) in [6, 6.07) is 0. The zero-order valence-electron chi connectivity index (χ0n) is 18.7. The zero-order valence-corrected chi connectivity index (χ0v) is 21.2. The number of nitrogens with zero attached hydrogens (tertiary/aromatic N) is 1. The molecule has 0 aromatic heterocycles. The Bertz CT molecular complexity index is 580. The van der Waals surface area contributed by atoms with Gasteiger partial charge in [0.05, 0.1) is 0 Å². The van der Waals surface area contributed by atoms with Gasteiger partial charge in [0.15, 0.2) is 0 Å². The molecule has 0 unspecified atom stereocenters. The van der Waals surface area contributed by atoms with E-state index in [9.17, 15) is 0 Å². The van der Waals surface area contributed by atoms with Gasteiger partial charge in [0, 0.05) is 33.8 Å². The van der Waals surface area contributed by atoms with Crippen LogP contribution in [0, 0.1) is 0 Å². The maximum absolute atomic E-state index is 5.76. The van der Waals surface area contributed by atoms with Gasteiger partial charge >= 0.3 is 0 Å². The summed E-state index contributed by atoms with van der Waals surface area (Å²) in [6.07, 6.45) is 32.8. The number of hydrogen-bond acceptors (Lipinski definition) is 1. The van der Waals surface area contributed by atoms with E-state index in [0.717, 1.165) is 29.8 Å². The first-order valence-corrected chi connectivity index (χ1v) is 14.0. The van der Waals surface area contributed by atoms with Crippen LogP contribution in [0.3, 0.4) is 0 Å². The summed E-state index contributed by atoms with van der Waals surface area (Å²) in [5.41, 5.74) is 4.44. The fourth-order valence-electron chi connectivity index (χ4n) is 6.06. The summed E-state index contributed by atoms with van der Waals surface area (Å²) in [6.45, 7) is 5.61. The van der Waals surface area contributed by atoms with Crippen LogP contribution in [0.15, 0.2) is 53.5 Å². The Morgan fingerprint density at radius 1 is 0.931 bits per heavy atom. The third-order valence-electron chi connectivity index (χ3n) is 7.29. The third-order valence-corrected chi connectivity index (χ3v) is 13.0. The summed E-state index contributed by atoms with van der Waals surface area (Å²) >= 11 is 0. The first-order valence-electron chi connectivity index (χ1n) is 12.1. The predicted octanol–water partition coefficient (Wildman–Crippen LogP) is 9.00. The Morgan fingerprint density at radius 2 is 1.41 bits per heavy atom. The molecule has 29 heavy (non-hydrogen) atoms. The van der Waals surface area contributed by atoms with E-state index >= 15 is 0 Å². The number of rotatable bonds is 6. The minimum atomic E-state index is -1.17. The van der Waals surface area contributed by atoms with Gasteiger partial charge in [-0.1, -0.05) is 82.4 Å². The zero-order chi connectivity index (χ0) is 19.7. The third kappa shape index (κ3) is 6.44. The van der Waals surface area contributed by atoms with E-state index in [4.69, 9.17) is 4.74 Å². The molecule has 0 atom stereocenters. The quantitative estimate of drug-likeness (QED) is 0.219. The average molecular weight is 447 g/mol. The van der Waals surface area contributed by atoms with Crippen molar-refractivity contribution < 1.29 is 21.7 Å². The van der Waals surface area contributed by atoms with Crippen LogP contribution in [0.4, 0.5) is 0 Å². The molecule has 4 rings (SSSR count). The summed E-state index contributed by atoms with van der Waals surface area (Å²) in [5.74, 6) is 0. The van der Waals surface area contributed by atoms with Gasteiger partial charge in [-0.25, -0.2) is 0 Å². The fraction of sp³-hybridized carbons (Fsp3) is 0.692. The molecule has 0 radical (unpaired) electrons. The minimum Gasteiger partial charge on any atom is -0.271 e. The predicted molar refractivity (Wildman–Crippen MR) is 128 cm³/mol. The van der Waals surface area contributed by atoms with Crippen molar-refractivity contribution in [2.24, 2.45) is 4.74 Å². The molecule has 3 heteroatoms. The molecule has 0 bridgehead atoms. The topological polar surface area (TPSA) is 12.4 Å². The molecular weight excluding hydrogens is 405 g/mol. The second kappa shape index (κ2) is 13.3. The van der Waals surface area contributed by atoms with E-state index in [-0.39, 0.29) is 21.7 Å². The van der Waals surface area contributed by atoms with Crippen molar-refractivity contribution in [3.8, 4) is 0 Å². The van der Waals surface area contributed by atoms with Crippen LogP contribution >= 0.6 is 7.05 Å². The SMILES string of the molecule is C1=CCC(N=P(C2CCCC2)(C2CCCC2)C2CCCC2)=C1.C=CC=CCC.[Ti]. The molecule has 0 N–H and O–H groups in total. The summed E-state index contributed by atoms with van der Waals surface area (Å²) in [7, 11) is -1.17. The first kappa shape index (κ1) is 25.2. The van der Waals surface area contributed by atoms with Gasteiger partial charge in [-0.2, -0.15) is 0 Å². The molecule has 0 spiro atoms. The molecule has 1 nitrogen and oxygen atoms in total. The second-order valence-electron chi connectivity index (χ2n) is 9.07. The van der Waals surface area contributed by atoms with E-state index in [0.29, 0.717) is 0 Å². The fourth-order valence-corrected chi connectivity index (χ4v) is 12.5. The molecule has 160 valence electrons. The van der Waals surface area contributed by atoms with Crippen LogP contribution in [0.2, 0.25) is 0 Å². The summed E-state index contributed by atoms with van der Waals surface area (Å²) < 4.78 is 5.76. The first-order chi connectivity index (χ1) is 13.8. The van der Waals surface area contributed by atoms with E-state index in [1.807, 2.05) is 6.08 Å². The van der Waals surface area contributed by atoms with Gasteiger partial charge in [0.25, 0.3) is 0 Å². The molecule has 4 aliphatic carbocycles. The van der Waals surface area contributed by atoms with E-state index in [1.54, 1.807) is 6.08 Å². The molecule has 3 fully saturated rings. The minimum absolute atomic E-state index is 0. The molecular formula is C26H42NPTi. The average Bonchev–Trinajstić information content (AvgIpc) is 3.53. The Morgan fingerprint density at radius 3 is 1.72 bits per heavy atom. The number of hydrogen-bond donors (Lipinski definition) is 0.